The average Bonchev–Trinajstić information content (AvgIpc) is 2.73. The van der Waals surface area contributed by atoms with E-state index < -0.39 is 10.0 Å². The van der Waals surface area contributed by atoms with Crippen molar-refractivity contribution < 1.29 is 13.2 Å². The summed E-state index contributed by atoms with van der Waals surface area (Å²) in [6.07, 6.45) is 1.46. The van der Waals surface area contributed by atoms with Crippen LogP contribution in [0.4, 0.5) is 0 Å². The first-order valence-corrected chi connectivity index (χ1v) is 6.87. The number of nitrogens with zero attached hydrogens (tertiary/aromatic N) is 1. The highest BCUT2D eigenvalue weighted by molar-refractivity contribution is 7.90. The van der Waals surface area contributed by atoms with Crippen molar-refractivity contribution in [2.45, 2.75) is 18.7 Å². The quantitative estimate of drug-likeness (QED) is 0.798. The maximum absolute atomic E-state index is 12.4. The predicted octanol–water partition coefficient (Wildman–Crippen LogP) is 2.24. The van der Waals surface area contributed by atoms with Crippen molar-refractivity contribution in [3.05, 3.63) is 53.9 Å². The summed E-state index contributed by atoms with van der Waals surface area (Å²) in [5.74, 6) is -0.275. The maximum Gasteiger partial charge on any atom is 0.268 e. The zero-order valence-electron chi connectivity index (χ0n) is 10.1. The van der Waals surface area contributed by atoms with Crippen molar-refractivity contribution in [2.24, 2.45) is 0 Å². The van der Waals surface area contributed by atoms with Crippen molar-refractivity contribution >= 4 is 15.8 Å². The summed E-state index contributed by atoms with van der Waals surface area (Å²) in [5, 5.41) is 0. The molecule has 94 valence electrons. The smallest absolute Gasteiger partial charge is 0.268 e. The summed E-state index contributed by atoms with van der Waals surface area (Å²) >= 11 is 0. The Labute approximate surface area is 106 Å². The van der Waals surface area contributed by atoms with Gasteiger partial charge in [-0.15, -0.1) is 0 Å². The minimum Gasteiger partial charge on any atom is -0.293 e. The largest absolute Gasteiger partial charge is 0.293 e. The summed E-state index contributed by atoms with van der Waals surface area (Å²) < 4.78 is 25.8. The minimum atomic E-state index is -3.70. The fraction of sp³-hybridized carbons (Fsp3) is 0.154. The van der Waals surface area contributed by atoms with Crippen molar-refractivity contribution in [1.29, 1.82) is 0 Å². The number of benzene rings is 1. The fourth-order valence-electron chi connectivity index (χ4n) is 1.73. The molecule has 0 aliphatic carbocycles. The van der Waals surface area contributed by atoms with E-state index in [1.165, 1.54) is 25.3 Å². The number of aromatic nitrogens is 1. The first-order valence-electron chi connectivity index (χ1n) is 5.43. The molecule has 0 radical (unpaired) electrons. The van der Waals surface area contributed by atoms with E-state index in [9.17, 15) is 13.2 Å². The van der Waals surface area contributed by atoms with Crippen LogP contribution in [0.5, 0.6) is 0 Å². The lowest BCUT2D eigenvalue weighted by Crippen LogP contribution is -2.16. The average molecular weight is 263 g/mol. The van der Waals surface area contributed by atoms with Gasteiger partial charge in [-0.05, 0) is 30.7 Å². The Kier molecular flexibility index (Phi) is 3.09. The molecule has 1 aromatic carbocycles. The lowest BCUT2D eigenvalue weighted by atomic mass is 10.3. The van der Waals surface area contributed by atoms with Crippen molar-refractivity contribution in [3.8, 4) is 0 Å². The molecule has 0 saturated heterocycles. The first-order chi connectivity index (χ1) is 8.43. The number of rotatable bonds is 3. The van der Waals surface area contributed by atoms with Gasteiger partial charge in [-0.25, -0.2) is 12.4 Å². The highest BCUT2D eigenvalue weighted by atomic mass is 32.2. The molecule has 0 atom stereocenters. The SMILES string of the molecule is CC(=O)c1cc(C)cn1S(=O)(=O)c1ccccc1. The number of carbonyl (C=O) groups is 1. The Morgan fingerprint density at radius 1 is 1.17 bits per heavy atom. The van der Waals surface area contributed by atoms with Crippen LogP contribution in [0.25, 0.3) is 0 Å². The summed E-state index contributed by atoms with van der Waals surface area (Å²) in [4.78, 5) is 11.6. The number of carbonyl (C=O) groups excluding carboxylic acids is 1. The minimum absolute atomic E-state index is 0.170. The Hall–Kier alpha value is -1.88. The number of ketones is 1. The van der Waals surface area contributed by atoms with E-state index in [0.717, 1.165) is 9.54 Å². The van der Waals surface area contributed by atoms with Gasteiger partial charge >= 0.3 is 0 Å². The Morgan fingerprint density at radius 2 is 1.78 bits per heavy atom. The molecule has 1 aromatic heterocycles. The zero-order chi connectivity index (χ0) is 13.3. The van der Waals surface area contributed by atoms with Gasteiger partial charge in [0.15, 0.2) is 5.78 Å². The van der Waals surface area contributed by atoms with E-state index in [2.05, 4.69) is 0 Å². The third kappa shape index (κ3) is 2.09. The standard InChI is InChI=1S/C13H13NO3S/c1-10-8-13(11(2)15)14(9-10)18(16,17)12-6-4-3-5-7-12/h3-9H,1-2H3. The predicted molar refractivity (Wildman–Crippen MR) is 68.2 cm³/mol. The second-order valence-corrected chi connectivity index (χ2v) is 5.89. The molecule has 0 fully saturated rings. The molecule has 18 heavy (non-hydrogen) atoms. The van der Waals surface area contributed by atoms with E-state index in [0.29, 0.717) is 0 Å². The normalized spacial score (nSPS) is 11.4. The fourth-order valence-corrected chi connectivity index (χ4v) is 3.21. The molecule has 1 heterocycles. The Morgan fingerprint density at radius 3 is 2.33 bits per heavy atom. The molecule has 0 aliphatic heterocycles. The van der Waals surface area contributed by atoms with Gasteiger partial charge in [-0.1, -0.05) is 18.2 Å². The molecule has 0 spiro atoms. The van der Waals surface area contributed by atoms with Crippen LogP contribution in [-0.2, 0) is 10.0 Å². The van der Waals surface area contributed by atoms with Crippen LogP contribution in [-0.4, -0.2) is 18.2 Å². The molecule has 0 unspecified atom stereocenters. The van der Waals surface area contributed by atoms with Gasteiger partial charge in [-0.2, -0.15) is 0 Å². The topological polar surface area (TPSA) is 56.1 Å². The highest BCUT2D eigenvalue weighted by Crippen LogP contribution is 2.18. The van der Waals surface area contributed by atoms with Gasteiger partial charge in [0.25, 0.3) is 10.0 Å². The van der Waals surface area contributed by atoms with Crippen LogP contribution in [0, 0.1) is 6.92 Å². The van der Waals surface area contributed by atoms with Crippen LogP contribution >= 0.6 is 0 Å². The summed E-state index contributed by atoms with van der Waals surface area (Å²) in [5.41, 5.74) is 0.913. The molecule has 0 saturated carbocycles. The van der Waals surface area contributed by atoms with Gasteiger partial charge < -0.3 is 0 Å². The first kappa shape index (κ1) is 12.6. The molecular weight excluding hydrogens is 250 g/mol. The van der Waals surface area contributed by atoms with Gasteiger partial charge in [-0.3, -0.25) is 4.79 Å². The lowest BCUT2D eigenvalue weighted by Gasteiger charge is -2.08. The molecule has 0 N–H and O–H groups in total. The third-order valence-electron chi connectivity index (χ3n) is 2.58. The molecule has 4 nitrogen and oxygen atoms in total. The van der Waals surface area contributed by atoms with Crippen molar-refractivity contribution in [3.63, 3.8) is 0 Å². The van der Waals surface area contributed by atoms with Gasteiger partial charge in [0.2, 0.25) is 0 Å². The van der Waals surface area contributed by atoms with Gasteiger partial charge in [0, 0.05) is 13.1 Å². The summed E-state index contributed by atoms with van der Waals surface area (Å²) in [6, 6.07) is 9.63. The van der Waals surface area contributed by atoms with Crippen LogP contribution < -0.4 is 0 Å². The number of hydrogen-bond donors (Lipinski definition) is 0. The van der Waals surface area contributed by atoms with Crippen LogP contribution in [0.15, 0.2) is 47.5 Å². The second kappa shape index (κ2) is 4.42. The van der Waals surface area contributed by atoms with Gasteiger partial charge in [0.05, 0.1) is 10.6 Å². The van der Waals surface area contributed by atoms with E-state index in [1.54, 1.807) is 31.2 Å². The Bertz CT molecular complexity index is 684. The van der Waals surface area contributed by atoms with Crippen molar-refractivity contribution in [2.75, 3.05) is 0 Å². The van der Waals surface area contributed by atoms with E-state index in [4.69, 9.17) is 0 Å². The second-order valence-electron chi connectivity index (χ2n) is 4.07. The summed E-state index contributed by atoms with van der Waals surface area (Å²) in [7, 11) is -3.70. The third-order valence-corrected chi connectivity index (χ3v) is 4.27. The Balaban J connectivity index is 2.66. The van der Waals surface area contributed by atoms with E-state index >= 15 is 0 Å². The molecular formula is C13H13NO3S. The molecule has 2 rings (SSSR count). The molecule has 2 aromatic rings. The van der Waals surface area contributed by atoms with E-state index in [-0.39, 0.29) is 16.4 Å². The number of Topliss-reactive ketones (excluding diaryl/α,β-unsaturated/α-hetero) is 1. The van der Waals surface area contributed by atoms with Crippen LogP contribution in [0.2, 0.25) is 0 Å². The zero-order valence-corrected chi connectivity index (χ0v) is 10.9. The molecule has 0 aliphatic rings. The van der Waals surface area contributed by atoms with Crippen LogP contribution in [0.3, 0.4) is 0 Å². The molecule has 0 amide bonds. The maximum atomic E-state index is 12.4. The lowest BCUT2D eigenvalue weighted by molar-refractivity contribution is 0.101. The number of aryl methyl sites for hydroxylation is 1. The van der Waals surface area contributed by atoms with E-state index in [1.807, 2.05) is 0 Å². The van der Waals surface area contributed by atoms with Crippen molar-refractivity contribution in [1.82, 2.24) is 3.97 Å². The number of hydrogen-bond acceptors (Lipinski definition) is 3. The molecule has 5 heteroatoms. The van der Waals surface area contributed by atoms with Crippen LogP contribution in [0.1, 0.15) is 23.0 Å². The monoisotopic (exact) mass is 263 g/mol. The van der Waals surface area contributed by atoms with Gasteiger partial charge in [0.1, 0.15) is 0 Å². The molecule has 0 bridgehead atoms. The highest BCUT2D eigenvalue weighted by Gasteiger charge is 2.21. The summed E-state index contributed by atoms with van der Waals surface area (Å²) in [6.45, 7) is 3.11.